The number of nitrogens with two attached hydrogens (primary N) is 1. The van der Waals surface area contributed by atoms with Crippen LogP contribution in [-0.2, 0) is 6.42 Å². The number of hydrazine groups is 1. The molecule has 1 aliphatic heterocycles. The summed E-state index contributed by atoms with van der Waals surface area (Å²) in [5.74, 6) is 8.43. The molecule has 0 amide bonds. The van der Waals surface area contributed by atoms with Crippen molar-refractivity contribution >= 4 is 33.3 Å². The average molecular weight is 291 g/mol. The van der Waals surface area contributed by atoms with Gasteiger partial charge in [-0.05, 0) is 24.3 Å². The average Bonchev–Trinajstić information content (AvgIpc) is 3.01. The molecule has 0 aliphatic carbocycles. The number of hydrogen-bond donors (Lipinski definition) is 2. The highest BCUT2D eigenvalue weighted by atomic mass is 32.1. The number of hydrogen-bond acceptors (Lipinski definition) is 6. The maximum atomic E-state index is 5.51. The van der Waals surface area contributed by atoms with Crippen LogP contribution in [0.25, 0.3) is 10.2 Å². The monoisotopic (exact) mass is 291 g/mol. The topological polar surface area (TPSA) is 67.1 Å². The van der Waals surface area contributed by atoms with Crippen LogP contribution in [0.5, 0.6) is 0 Å². The Hall–Kier alpha value is -1.40. The van der Waals surface area contributed by atoms with E-state index >= 15 is 0 Å². The number of nitrogens with zero attached hydrogens (tertiary/aromatic N) is 3. The summed E-state index contributed by atoms with van der Waals surface area (Å²) in [6.07, 6.45) is 1.03. The Morgan fingerprint density at radius 2 is 2.05 bits per heavy atom. The number of rotatable bonds is 3. The molecule has 3 rings (SSSR count). The number of aromatic nitrogens is 2. The zero-order valence-electron chi connectivity index (χ0n) is 12.2. The molecule has 0 aromatic carbocycles. The highest BCUT2D eigenvalue weighted by molar-refractivity contribution is 7.18. The molecule has 3 N–H and O–H groups in total. The van der Waals surface area contributed by atoms with Gasteiger partial charge in [-0.15, -0.1) is 11.3 Å². The van der Waals surface area contributed by atoms with Crippen LogP contribution in [0, 0.1) is 11.8 Å². The first-order valence-electron chi connectivity index (χ1n) is 7.14. The molecule has 2 aromatic heterocycles. The molecule has 2 aromatic rings. The third kappa shape index (κ3) is 2.23. The standard InChI is InChI=1S/C14H21N5S/c1-4-10-5-11-12(19-6-8(2)9(3)7-19)16-14(18-15)17-13(11)20-10/h5,8-9H,4,6-7,15H2,1-3H3,(H,16,17,18). The molecule has 6 heteroatoms. The number of thiophene rings is 1. The van der Waals surface area contributed by atoms with Crippen molar-refractivity contribution < 1.29 is 0 Å². The van der Waals surface area contributed by atoms with Gasteiger partial charge >= 0.3 is 0 Å². The summed E-state index contributed by atoms with van der Waals surface area (Å²) in [4.78, 5) is 13.8. The molecule has 0 radical (unpaired) electrons. The molecule has 20 heavy (non-hydrogen) atoms. The van der Waals surface area contributed by atoms with Crippen LogP contribution in [0.2, 0.25) is 0 Å². The normalized spacial score (nSPS) is 22.7. The van der Waals surface area contributed by atoms with Gasteiger partial charge in [-0.3, -0.25) is 5.43 Å². The summed E-state index contributed by atoms with van der Waals surface area (Å²) in [5.41, 5.74) is 2.59. The zero-order chi connectivity index (χ0) is 14.3. The van der Waals surface area contributed by atoms with Crippen LogP contribution < -0.4 is 16.2 Å². The Morgan fingerprint density at radius 3 is 2.65 bits per heavy atom. The molecule has 0 bridgehead atoms. The molecule has 1 aliphatic rings. The largest absolute Gasteiger partial charge is 0.355 e. The maximum absolute atomic E-state index is 5.51. The van der Waals surface area contributed by atoms with Crippen molar-refractivity contribution in [1.82, 2.24) is 9.97 Å². The van der Waals surface area contributed by atoms with E-state index < -0.39 is 0 Å². The molecule has 0 spiro atoms. The Kier molecular flexibility index (Phi) is 3.52. The Bertz CT molecular complexity index is 613. The summed E-state index contributed by atoms with van der Waals surface area (Å²) < 4.78 is 0. The second-order valence-electron chi connectivity index (χ2n) is 5.66. The van der Waals surface area contributed by atoms with E-state index in [1.165, 1.54) is 4.88 Å². The fraction of sp³-hybridized carbons (Fsp3) is 0.571. The van der Waals surface area contributed by atoms with Gasteiger partial charge in [0, 0.05) is 18.0 Å². The lowest BCUT2D eigenvalue weighted by Gasteiger charge is -2.18. The van der Waals surface area contributed by atoms with Gasteiger partial charge in [0.1, 0.15) is 10.6 Å². The first kappa shape index (κ1) is 13.6. The number of aryl methyl sites for hydroxylation is 1. The molecule has 2 atom stereocenters. The van der Waals surface area contributed by atoms with Crippen LogP contribution in [0.15, 0.2) is 6.07 Å². The van der Waals surface area contributed by atoms with Crippen molar-refractivity contribution in [2.45, 2.75) is 27.2 Å². The molecule has 3 heterocycles. The summed E-state index contributed by atoms with van der Waals surface area (Å²) in [5, 5.41) is 1.16. The van der Waals surface area contributed by atoms with E-state index in [0.717, 1.165) is 35.5 Å². The first-order valence-corrected chi connectivity index (χ1v) is 7.96. The molecule has 5 nitrogen and oxygen atoms in total. The second-order valence-corrected chi connectivity index (χ2v) is 6.78. The van der Waals surface area contributed by atoms with Gasteiger partial charge in [0.15, 0.2) is 0 Å². The van der Waals surface area contributed by atoms with Gasteiger partial charge in [0.2, 0.25) is 5.95 Å². The SMILES string of the molecule is CCc1cc2c(N3CC(C)C(C)C3)nc(NN)nc2s1. The molecular weight excluding hydrogens is 270 g/mol. The maximum Gasteiger partial charge on any atom is 0.240 e. The van der Waals surface area contributed by atoms with Crippen molar-refractivity contribution in [3.05, 3.63) is 10.9 Å². The van der Waals surface area contributed by atoms with E-state index in [9.17, 15) is 0 Å². The Morgan fingerprint density at radius 1 is 1.35 bits per heavy atom. The second kappa shape index (κ2) is 5.18. The van der Waals surface area contributed by atoms with E-state index in [-0.39, 0.29) is 0 Å². The molecule has 108 valence electrons. The highest BCUT2D eigenvalue weighted by Gasteiger charge is 2.28. The summed E-state index contributed by atoms with van der Waals surface area (Å²) >= 11 is 1.73. The van der Waals surface area contributed by atoms with E-state index in [4.69, 9.17) is 5.84 Å². The summed E-state index contributed by atoms with van der Waals surface area (Å²) in [6.45, 7) is 8.87. The third-order valence-corrected chi connectivity index (χ3v) is 5.36. The summed E-state index contributed by atoms with van der Waals surface area (Å²) in [6, 6.07) is 2.23. The van der Waals surface area contributed by atoms with Crippen molar-refractivity contribution in [3.63, 3.8) is 0 Å². The lowest BCUT2D eigenvalue weighted by atomic mass is 10.0. The van der Waals surface area contributed by atoms with Gasteiger partial charge in [-0.2, -0.15) is 4.98 Å². The van der Waals surface area contributed by atoms with E-state index in [1.807, 2.05) is 0 Å². The van der Waals surface area contributed by atoms with E-state index in [2.05, 4.69) is 47.1 Å². The fourth-order valence-electron chi connectivity index (χ4n) is 2.74. The highest BCUT2D eigenvalue weighted by Crippen LogP contribution is 2.35. The number of fused-ring (bicyclic) bond motifs is 1. The van der Waals surface area contributed by atoms with Crippen LogP contribution in [0.3, 0.4) is 0 Å². The zero-order valence-corrected chi connectivity index (χ0v) is 13.0. The predicted octanol–water partition coefficient (Wildman–Crippen LogP) is 2.63. The quantitative estimate of drug-likeness (QED) is 0.672. The lowest BCUT2D eigenvalue weighted by Crippen LogP contribution is -2.22. The minimum Gasteiger partial charge on any atom is -0.355 e. The lowest BCUT2D eigenvalue weighted by molar-refractivity contribution is 0.494. The van der Waals surface area contributed by atoms with Crippen molar-refractivity contribution in [2.24, 2.45) is 17.7 Å². The number of nitrogens with one attached hydrogen (secondary N) is 1. The van der Waals surface area contributed by atoms with Gasteiger partial charge in [-0.25, -0.2) is 10.8 Å². The van der Waals surface area contributed by atoms with Crippen molar-refractivity contribution in [3.8, 4) is 0 Å². The van der Waals surface area contributed by atoms with Crippen LogP contribution >= 0.6 is 11.3 Å². The molecule has 1 saturated heterocycles. The molecular formula is C14H21N5S. The van der Waals surface area contributed by atoms with Gasteiger partial charge in [0.05, 0.1) is 5.39 Å². The van der Waals surface area contributed by atoms with Crippen molar-refractivity contribution in [1.29, 1.82) is 0 Å². The summed E-state index contributed by atoms with van der Waals surface area (Å²) in [7, 11) is 0. The van der Waals surface area contributed by atoms with Gasteiger partial charge < -0.3 is 4.90 Å². The smallest absolute Gasteiger partial charge is 0.240 e. The number of nitrogen functional groups attached to an aromatic ring is 1. The van der Waals surface area contributed by atoms with Gasteiger partial charge in [-0.1, -0.05) is 20.8 Å². The van der Waals surface area contributed by atoms with E-state index in [0.29, 0.717) is 17.8 Å². The molecule has 1 fully saturated rings. The first-order chi connectivity index (χ1) is 9.62. The van der Waals surface area contributed by atoms with Gasteiger partial charge in [0.25, 0.3) is 0 Å². The van der Waals surface area contributed by atoms with E-state index in [1.54, 1.807) is 11.3 Å². The van der Waals surface area contributed by atoms with Crippen LogP contribution in [-0.4, -0.2) is 23.1 Å². The van der Waals surface area contributed by atoms with Crippen LogP contribution in [0.4, 0.5) is 11.8 Å². The Balaban J connectivity index is 2.10. The minimum atomic E-state index is 0.504. The predicted molar refractivity (Wildman–Crippen MR) is 85.1 cm³/mol. The molecule has 2 unspecified atom stereocenters. The number of anilines is 2. The van der Waals surface area contributed by atoms with Crippen LogP contribution in [0.1, 0.15) is 25.6 Å². The minimum absolute atomic E-state index is 0.504. The Labute approximate surface area is 123 Å². The van der Waals surface area contributed by atoms with Crippen molar-refractivity contribution in [2.75, 3.05) is 23.4 Å². The molecule has 0 saturated carbocycles. The fourth-order valence-corrected chi connectivity index (χ4v) is 3.70. The third-order valence-electron chi connectivity index (χ3n) is 4.19.